The van der Waals surface area contributed by atoms with Gasteiger partial charge in [0.05, 0.1) is 5.69 Å². The molecule has 6 rings (SSSR count). The maximum absolute atomic E-state index is 13.8. The first kappa shape index (κ1) is 35.1. The lowest BCUT2D eigenvalue weighted by atomic mass is 10.1. The Labute approximate surface area is 305 Å². The van der Waals surface area contributed by atoms with Crippen LogP contribution in [0.1, 0.15) is 42.7 Å². The van der Waals surface area contributed by atoms with Crippen LogP contribution in [0.3, 0.4) is 0 Å². The Kier molecular flexibility index (Phi) is 11.2. The number of thioether (sulfide) groups is 1. The first-order chi connectivity index (χ1) is 24.7. The molecular formula is C42H36N4O3S2. The molecule has 0 saturated carbocycles. The summed E-state index contributed by atoms with van der Waals surface area (Å²) < 4.78 is 0. The SMILES string of the molecule is Cc1ccc(-c2nc(NC(=O)C(Sc3ccc(NC(=O)/C(=C/c4ccccc4C)NC(=O)c4ccccc4)cc3)c3ccccc3)sc2C)cc1. The molecule has 0 radical (unpaired) electrons. The van der Waals surface area contributed by atoms with Crippen molar-refractivity contribution in [1.82, 2.24) is 10.3 Å². The van der Waals surface area contributed by atoms with Gasteiger partial charge in [0.25, 0.3) is 11.8 Å². The lowest BCUT2D eigenvalue weighted by Crippen LogP contribution is -2.30. The number of aryl methyl sites for hydroxylation is 3. The van der Waals surface area contributed by atoms with E-state index in [0.29, 0.717) is 16.4 Å². The number of nitrogens with zero attached hydrogens (tertiary/aromatic N) is 1. The van der Waals surface area contributed by atoms with Crippen molar-refractivity contribution >= 4 is 57.7 Å². The summed E-state index contributed by atoms with van der Waals surface area (Å²) in [5.74, 6) is -1.04. The number of rotatable bonds is 11. The number of carbonyl (C=O) groups is 3. The van der Waals surface area contributed by atoms with Crippen molar-refractivity contribution in [2.45, 2.75) is 30.9 Å². The van der Waals surface area contributed by atoms with Gasteiger partial charge in [0, 0.05) is 26.6 Å². The normalized spacial score (nSPS) is 11.8. The van der Waals surface area contributed by atoms with Crippen LogP contribution in [0.15, 0.2) is 144 Å². The topological polar surface area (TPSA) is 100 Å². The van der Waals surface area contributed by atoms with E-state index >= 15 is 0 Å². The van der Waals surface area contributed by atoms with E-state index in [1.807, 2.05) is 106 Å². The molecule has 1 atom stereocenters. The lowest BCUT2D eigenvalue weighted by molar-refractivity contribution is -0.116. The van der Waals surface area contributed by atoms with Crippen molar-refractivity contribution in [3.05, 3.63) is 172 Å². The molecule has 0 spiro atoms. The fraction of sp³-hybridized carbons (Fsp3) is 0.0952. The van der Waals surface area contributed by atoms with E-state index in [0.717, 1.165) is 37.7 Å². The fourth-order valence-corrected chi connectivity index (χ4v) is 7.16. The minimum absolute atomic E-state index is 0.111. The molecule has 0 aliphatic carbocycles. The lowest BCUT2D eigenvalue weighted by Gasteiger charge is -2.17. The molecule has 9 heteroatoms. The second-order valence-corrected chi connectivity index (χ2v) is 14.3. The van der Waals surface area contributed by atoms with Crippen LogP contribution in [0.4, 0.5) is 10.8 Å². The molecule has 5 aromatic carbocycles. The Morgan fingerprint density at radius 1 is 0.725 bits per heavy atom. The number of amides is 3. The Morgan fingerprint density at radius 2 is 1.37 bits per heavy atom. The van der Waals surface area contributed by atoms with Crippen LogP contribution < -0.4 is 16.0 Å². The van der Waals surface area contributed by atoms with Gasteiger partial charge in [0.15, 0.2) is 5.13 Å². The Balaban J connectivity index is 1.18. The number of nitrogens with one attached hydrogen (secondary N) is 3. The molecule has 3 N–H and O–H groups in total. The van der Waals surface area contributed by atoms with Gasteiger partial charge in [-0.25, -0.2) is 4.98 Å². The van der Waals surface area contributed by atoms with Crippen LogP contribution in [-0.4, -0.2) is 22.7 Å². The standard InChI is InChI=1S/C42H36N4O3S2/c1-27-18-20-30(21-19-27)37-29(3)50-42(45-37)46-41(49)38(31-13-6-4-7-14-31)51-35-24-22-34(23-25-35)43-40(48)36(26-33-17-11-10-12-28(33)2)44-39(47)32-15-8-5-9-16-32/h4-26,38H,1-3H3,(H,43,48)(H,44,47)(H,45,46,49)/b36-26-. The molecular weight excluding hydrogens is 673 g/mol. The maximum Gasteiger partial charge on any atom is 0.272 e. The first-order valence-electron chi connectivity index (χ1n) is 16.4. The number of hydrogen-bond acceptors (Lipinski definition) is 6. The molecule has 7 nitrogen and oxygen atoms in total. The van der Waals surface area contributed by atoms with E-state index in [1.54, 1.807) is 42.5 Å². The summed E-state index contributed by atoms with van der Waals surface area (Å²) in [4.78, 5) is 47.0. The first-order valence-corrected chi connectivity index (χ1v) is 18.0. The van der Waals surface area contributed by atoms with Gasteiger partial charge in [-0.15, -0.1) is 23.1 Å². The number of anilines is 2. The van der Waals surface area contributed by atoms with E-state index in [4.69, 9.17) is 4.98 Å². The van der Waals surface area contributed by atoms with Gasteiger partial charge in [0.1, 0.15) is 10.9 Å². The largest absolute Gasteiger partial charge is 0.321 e. The highest BCUT2D eigenvalue weighted by molar-refractivity contribution is 8.00. The van der Waals surface area contributed by atoms with Gasteiger partial charge in [0.2, 0.25) is 5.91 Å². The molecule has 0 fully saturated rings. The van der Waals surface area contributed by atoms with Gasteiger partial charge in [-0.05, 0) is 79.9 Å². The van der Waals surface area contributed by atoms with Gasteiger partial charge in [-0.2, -0.15) is 0 Å². The smallest absolute Gasteiger partial charge is 0.272 e. The van der Waals surface area contributed by atoms with Crippen LogP contribution in [0.2, 0.25) is 0 Å². The molecule has 1 heterocycles. The average molecular weight is 709 g/mol. The second-order valence-electron chi connectivity index (χ2n) is 11.9. The molecule has 254 valence electrons. The summed E-state index contributed by atoms with van der Waals surface area (Å²) in [6, 6.07) is 41.5. The van der Waals surface area contributed by atoms with Crippen LogP contribution in [0.5, 0.6) is 0 Å². The summed E-state index contributed by atoms with van der Waals surface area (Å²) in [6.07, 6.45) is 1.67. The van der Waals surface area contributed by atoms with Crippen molar-refractivity contribution in [3.63, 3.8) is 0 Å². The molecule has 1 aromatic heterocycles. The highest BCUT2D eigenvalue weighted by atomic mass is 32.2. The maximum atomic E-state index is 13.8. The van der Waals surface area contributed by atoms with Crippen LogP contribution in [-0.2, 0) is 9.59 Å². The van der Waals surface area contributed by atoms with E-state index in [2.05, 4.69) is 28.1 Å². The van der Waals surface area contributed by atoms with Gasteiger partial charge in [-0.1, -0.05) is 103 Å². The molecule has 0 bridgehead atoms. The number of carbonyl (C=O) groups excluding carboxylic acids is 3. The van der Waals surface area contributed by atoms with Crippen LogP contribution in [0.25, 0.3) is 17.3 Å². The third-order valence-corrected chi connectivity index (χ3v) is 10.2. The van der Waals surface area contributed by atoms with Crippen LogP contribution in [0, 0.1) is 20.8 Å². The minimum Gasteiger partial charge on any atom is -0.321 e. The zero-order valence-electron chi connectivity index (χ0n) is 28.3. The molecule has 51 heavy (non-hydrogen) atoms. The van der Waals surface area contributed by atoms with Gasteiger partial charge in [-0.3, -0.25) is 14.4 Å². The highest BCUT2D eigenvalue weighted by Gasteiger charge is 2.24. The zero-order valence-corrected chi connectivity index (χ0v) is 30.0. The summed E-state index contributed by atoms with van der Waals surface area (Å²) in [7, 11) is 0. The Hall–Kier alpha value is -5.77. The number of thiazole rings is 1. The van der Waals surface area contributed by atoms with E-state index in [-0.39, 0.29) is 17.5 Å². The van der Waals surface area contributed by atoms with Crippen LogP contribution >= 0.6 is 23.1 Å². The van der Waals surface area contributed by atoms with Gasteiger partial charge >= 0.3 is 0 Å². The highest BCUT2D eigenvalue weighted by Crippen LogP contribution is 2.38. The molecule has 0 aliphatic rings. The number of benzene rings is 5. The van der Waals surface area contributed by atoms with Crippen molar-refractivity contribution in [3.8, 4) is 11.3 Å². The molecule has 1 unspecified atom stereocenters. The van der Waals surface area contributed by atoms with Crippen molar-refractivity contribution < 1.29 is 14.4 Å². The third-order valence-electron chi connectivity index (χ3n) is 8.08. The Bertz CT molecular complexity index is 2180. The predicted molar refractivity (Wildman–Crippen MR) is 209 cm³/mol. The summed E-state index contributed by atoms with van der Waals surface area (Å²) in [5, 5.41) is 8.74. The summed E-state index contributed by atoms with van der Waals surface area (Å²) >= 11 is 2.86. The number of aromatic nitrogens is 1. The van der Waals surface area contributed by atoms with E-state index in [1.165, 1.54) is 28.7 Å². The van der Waals surface area contributed by atoms with E-state index in [9.17, 15) is 14.4 Å². The predicted octanol–water partition coefficient (Wildman–Crippen LogP) is 9.62. The fourth-order valence-electron chi connectivity index (χ4n) is 5.30. The van der Waals surface area contributed by atoms with E-state index < -0.39 is 11.2 Å². The monoisotopic (exact) mass is 708 g/mol. The molecule has 0 aliphatic heterocycles. The summed E-state index contributed by atoms with van der Waals surface area (Å²) in [5.41, 5.74) is 6.75. The average Bonchev–Trinajstić information content (AvgIpc) is 3.51. The second kappa shape index (κ2) is 16.3. The molecule has 6 aromatic rings. The van der Waals surface area contributed by atoms with Crippen molar-refractivity contribution in [2.75, 3.05) is 10.6 Å². The zero-order chi connectivity index (χ0) is 35.7. The minimum atomic E-state index is -0.560. The van der Waals surface area contributed by atoms with Crippen molar-refractivity contribution in [2.24, 2.45) is 0 Å². The molecule has 0 saturated heterocycles. The number of hydrogen-bond donors (Lipinski definition) is 3. The quantitative estimate of drug-likeness (QED) is 0.0920. The third kappa shape index (κ3) is 9.08. The van der Waals surface area contributed by atoms with Gasteiger partial charge < -0.3 is 16.0 Å². The molecule has 3 amide bonds. The summed E-state index contributed by atoms with van der Waals surface area (Å²) in [6.45, 7) is 6.00. The van der Waals surface area contributed by atoms with Crippen molar-refractivity contribution in [1.29, 1.82) is 0 Å². The Morgan fingerprint density at radius 3 is 2.06 bits per heavy atom.